The van der Waals surface area contributed by atoms with E-state index in [1.54, 1.807) is 0 Å². The first-order chi connectivity index (χ1) is 15.6. The van der Waals surface area contributed by atoms with E-state index in [0.29, 0.717) is 12.1 Å². The van der Waals surface area contributed by atoms with Crippen molar-refractivity contribution in [3.05, 3.63) is 65.0 Å². The first kappa shape index (κ1) is 24.9. The zero-order valence-corrected chi connectivity index (χ0v) is 18.2. The van der Waals surface area contributed by atoms with Crippen LogP contribution in [-0.4, -0.2) is 26.8 Å². The molecule has 0 aliphatic heterocycles. The van der Waals surface area contributed by atoms with Crippen LogP contribution >= 0.6 is 0 Å². The fraction of sp³-hybridized carbons (Fsp3) is 0.455. The molecule has 0 saturated heterocycles. The molecule has 4 rings (SSSR count). The number of sulfone groups is 1. The van der Waals surface area contributed by atoms with Gasteiger partial charge >= 0.3 is 18.0 Å². The summed E-state index contributed by atoms with van der Waals surface area (Å²) in [7, 11) is -4.31. The Labute approximate surface area is 189 Å². The Bertz CT molecular complexity index is 1190. The maximum atomic E-state index is 14.6. The molecule has 1 saturated carbocycles. The van der Waals surface area contributed by atoms with Gasteiger partial charge in [0.25, 0.3) is 0 Å². The number of hydrogen-bond donors (Lipinski definition) is 1. The summed E-state index contributed by atoms with van der Waals surface area (Å²) in [6.45, 7) is 0. The number of aryl methyl sites for hydroxylation is 1. The van der Waals surface area contributed by atoms with Crippen molar-refractivity contribution in [2.45, 2.75) is 59.4 Å². The van der Waals surface area contributed by atoms with Crippen LogP contribution in [0.15, 0.2) is 47.4 Å². The Balaban J connectivity index is 1.94. The molecule has 0 spiro atoms. The van der Waals surface area contributed by atoms with Gasteiger partial charge in [0.1, 0.15) is 10.6 Å². The Hall–Kier alpha value is -2.21. The van der Waals surface area contributed by atoms with Crippen molar-refractivity contribution in [3.8, 4) is 0 Å². The summed E-state index contributed by atoms with van der Waals surface area (Å²) >= 11 is 0. The Morgan fingerprint density at radius 1 is 0.882 bits per heavy atom. The highest BCUT2D eigenvalue weighted by molar-refractivity contribution is 7.92. The van der Waals surface area contributed by atoms with Crippen LogP contribution in [-0.2, 0) is 26.7 Å². The Kier molecular flexibility index (Phi) is 5.60. The van der Waals surface area contributed by atoms with Crippen molar-refractivity contribution in [1.29, 1.82) is 0 Å². The number of benzene rings is 2. The van der Waals surface area contributed by atoms with Crippen LogP contribution in [0.5, 0.6) is 0 Å². The monoisotopic (exact) mass is 513 g/mol. The van der Waals surface area contributed by atoms with Crippen molar-refractivity contribution in [3.63, 3.8) is 0 Å². The molecule has 34 heavy (non-hydrogen) atoms. The Morgan fingerprint density at radius 3 is 2.03 bits per heavy atom. The lowest BCUT2D eigenvalue weighted by Gasteiger charge is -2.42. The molecule has 0 amide bonds. The van der Waals surface area contributed by atoms with Gasteiger partial charge in [0.2, 0.25) is 0 Å². The molecule has 0 aromatic heterocycles. The summed E-state index contributed by atoms with van der Waals surface area (Å²) in [6, 6.07) is 5.00. The molecule has 2 aliphatic carbocycles. The van der Waals surface area contributed by atoms with Gasteiger partial charge in [-0.2, -0.15) is 26.3 Å². The van der Waals surface area contributed by atoms with E-state index in [9.17, 15) is 43.5 Å². The molecule has 3 nitrogen and oxygen atoms in total. The van der Waals surface area contributed by atoms with Gasteiger partial charge in [0.15, 0.2) is 9.84 Å². The largest absolute Gasteiger partial charge is 0.435 e. The van der Waals surface area contributed by atoms with Crippen LogP contribution in [0.25, 0.3) is 0 Å². The van der Waals surface area contributed by atoms with Gasteiger partial charge in [-0.05, 0) is 67.0 Å². The summed E-state index contributed by atoms with van der Waals surface area (Å²) in [5.41, 5.74) is -1.25. The quantitative estimate of drug-likeness (QED) is 0.438. The number of halogens is 8. The lowest BCUT2D eigenvalue weighted by atomic mass is 9.74. The highest BCUT2D eigenvalue weighted by atomic mass is 32.2. The van der Waals surface area contributed by atoms with Crippen molar-refractivity contribution >= 4 is 9.84 Å². The van der Waals surface area contributed by atoms with Crippen LogP contribution in [0, 0.1) is 11.7 Å². The van der Waals surface area contributed by atoms with E-state index >= 15 is 0 Å². The van der Waals surface area contributed by atoms with Crippen LogP contribution < -0.4 is 5.73 Å². The van der Waals surface area contributed by atoms with Gasteiger partial charge in [0, 0.05) is 11.6 Å². The highest BCUT2D eigenvalue weighted by Gasteiger charge is 2.73. The predicted octanol–water partition coefficient (Wildman–Crippen LogP) is 5.47. The van der Waals surface area contributed by atoms with E-state index in [4.69, 9.17) is 5.73 Å². The van der Waals surface area contributed by atoms with Crippen LogP contribution in [0.3, 0.4) is 0 Å². The summed E-state index contributed by atoms with van der Waals surface area (Å²) in [5.74, 6) is -1.37. The molecule has 2 aliphatic rings. The summed E-state index contributed by atoms with van der Waals surface area (Å²) in [6.07, 6.45) is -12.4. The third-order valence-electron chi connectivity index (χ3n) is 7.03. The second-order valence-electron chi connectivity index (χ2n) is 8.72. The van der Waals surface area contributed by atoms with E-state index in [1.165, 1.54) is 0 Å². The van der Waals surface area contributed by atoms with Crippen LogP contribution in [0.1, 0.15) is 36.0 Å². The maximum absolute atomic E-state index is 14.6. The molecule has 186 valence electrons. The smallest absolute Gasteiger partial charge is 0.327 e. The fourth-order valence-electron chi connectivity index (χ4n) is 5.42. The maximum Gasteiger partial charge on any atom is 0.435 e. The van der Waals surface area contributed by atoms with Gasteiger partial charge in [-0.15, -0.1) is 0 Å². The van der Waals surface area contributed by atoms with Crippen molar-refractivity contribution in [2.24, 2.45) is 11.7 Å². The molecule has 2 aromatic carbocycles. The molecular formula is C22H19F8NO2S. The summed E-state index contributed by atoms with van der Waals surface area (Å²) in [4.78, 5) is -0.254. The highest BCUT2D eigenvalue weighted by Crippen LogP contribution is 2.58. The molecule has 2 N–H and O–H groups in total. The summed E-state index contributed by atoms with van der Waals surface area (Å²) < 4.78 is 133. The van der Waals surface area contributed by atoms with Crippen LogP contribution in [0.2, 0.25) is 0 Å². The minimum atomic E-state index is -6.29. The van der Waals surface area contributed by atoms with Crippen LogP contribution in [0.4, 0.5) is 35.1 Å². The fourth-order valence-corrected chi connectivity index (χ4v) is 7.91. The SMILES string of the molecule is N[C@H]1CC[C@]2(S(=O)(=O)c3ccc(F)cc3)c3ccc(C(F)(C(F)(F)F)C(F)(F)F)cc3CC[C@H]12. The van der Waals surface area contributed by atoms with Gasteiger partial charge in [0.05, 0.1) is 4.90 Å². The van der Waals surface area contributed by atoms with Gasteiger partial charge in [-0.25, -0.2) is 17.2 Å². The third kappa shape index (κ3) is 3.28. The lowest BCUT2D eigenvalue weighted by molar-refractivity contribution is -0.348. The zero-order valence-electron chi connectivity index (χ0n) is 17.4. The van der Waals surface area contributed by atoms with Gasteiger partial charge in [-0.3, -0.25) is 0 Å². The predicted molar refractivity (Wildman–Crippen MR) is 106 cm³/mol. The minimum Gasteiger partial charge on any atom is -0.327 e. The molecular weight excluding hydrogens is 494 g/mol. The number of fused-ring (bicyclic) bond motifs is 3. The first-order valence-electron chi connectivity index (χ1n) is 10.3. The number of hydrogen-bond acceptors (Lipinski definition) is 3. The minimum absolute atomic E-state index is 0.00326. The average Bonchev–Trinajstić information content (AvgIpc) is 3.10. The number of alkyl halides is 7. The standard InChI is InChI=1S/C22H19F8NO2S/c23-14-3-5-15(6-4-14)34(32,33)19-10-9-18(31)17(19)7-1-12-11-13(2-8-16(12)19)20(24,21(25,26)27)22(28,29)30/h2-6,8,11,17-18H,1,7,9-10,31H2/t17-,18+,19+/m1/s1. The molecule has 12 heteroatoms. The lowest BCUT2D eigenvalue weighted by Crippen LogP contribution is -2.51. The first-order valence-corrected chi connectivity index (χ1v) is 11.8. The molecule has 0 radical (unpaired) electrons. The van der Waals surface area contributed by atoms with Crippen molar-refractivity contribution in [2.75, 3.05) is 0 Å². The molecule has 3 atom stereocenters. The van der Waals surface area contributed by atoms with E-state index in [2.05, 4.69) is 0 Å². The number of nitrogens with two attached hydrogens (primary N) is 1. The van der Waals surface area contributed by atoms with E-state index in [-0.39, 0.29) is 41.7 Å². The average molecular weight is 513 g/mol. The van der Waals surface area contributed by atoms with Crippen molar-refractivity contribution < 1.29 is 43.5 Å². The molecule has 0 heterocycles. The number of rotatable bonds is 3. The zero-order chi connectivity index (χ0) is 25.3. The molecule has 1 fully saturated rings. The van der Waals surface area contributed by atoms with E-state index < -0.39 is 55.9 Å². The second-order valence-corrected chi connectivity index (χ2v) is 10.9. The normalized spacial score (nSPS) is 25.7. The summed E-state index contributed by atoms with van der Waals surface area (Å²) in [5, 5.41) is 0. The Morgan fingerprint density at radius 2 is 1.47 bits per heavy atom. The van der Waals surface area contributed by atoms with Crippen molar-refractivity contribution in [1.82, 2.24) is 0 Å². The van der Waals surface area contributed by atoms with E-state index in [1.807, 2.05) is 0 Å². The third-order valence-corrected chi connectivity index (χ3v) is 9.61. The van der Waals surface area contributed by atoms with Gasteiger partial charge < -0.3 is 5.73 Å². The van der Waals surface area contributed by atoms with E-state index in [0.717, 1.165) is 30.3 Å². The molecule has 2 aromatic rings. The molecule has 0 unspecified atom stereocenters. The second kappa shape index (κ2) is 7.64. The molecule has 0 bridgehead atoms. The van der Waals surface area contributed by atoms with Gasteiger partial charge in [-0.1, -0.05) is 18.2 Å². The topological polar surface area (TPSA) is 60.2 Å².